The van der Waals surface area contributed by atoms with E-state index in [4.69, 9.17) is 4.74 Å². The number of carbonyl (C=O) groups is 1. The molecule has 30 heavy (non-hydrogen) atoms. The van der Waals surface area contributed by atoms with Crippen molar-refractivity contribution in [2.45, 2.75) is 32.6 Å². The van der Waals surface area contributed by atoms with Crippen molar-refractivity contribution in [2.24, 2.45) is 0 Å². The Bertz CT molecular complexity index is 1170. The first kappa shape index (κ1) is 21.6. The van der Waals surface area contributed by atoms with Gasteiger partial charge in [-0.1, -0.05) is 36.4 Å². The zero-order valence-corrected chi connectivity index (χ0v) is 18.4. The Kier molecular flexibility index (Phi) is 6.27. The molecular formula is C24H25NO4S. The third-order valence-corrected chi connectivity index (χ3v) is 6.89. The van der Waals surface area contributed by atoms with E-state index in [2.05, 4.69) is 0 Å². The molecule has 6 heteroatoms. The summed E-state index contributed by atoms with van der Waals surface area (Å²) < 4.78 is 33.3. The molecule has 3 aromatic rings. The molecule has 5 nitrogen and oxygen atoms in total. The third kappa shape index (κ3) is 4.39. The fourth-order valence-electron chi connectivity index (χ4n) is 3.06. The lowest BCUT2D eigenvalue weighted by atomic mass is 10.1. The molecule has 1 amide bonds. The van der Waals surface area contributed by atoms with Crippen LogP contribution in [0.1, 0.15) is 22.3 Å². The third-order valence-electron chi connectivity index (χ3n) is 5.14. The van der Waals surface area contributed by atoms with Gasteiger partial charge in [0, 0.05) is 0 Å². The van der Waals surface area contributed by atoms with Crippen LogP contribution in [-0.2, 0) is 14.8 Å². The van der Waals surface area contributed by atoms with Crippen LogP contribution in [0.4, 0.5) is 5.69 Å². The largest absolute Gasteiger partial charge is 0.484 e. The van der Waals surface area contributed by atoms with Crippen LogP contribution in [0.5, 0.6) is 5.75 Å². The Hall–Kier alpha value is -3.12. The van der Waals surface area contributed by atoms with Gasteiger partial charge in [0.1, 0.15) is 5.75 Å². The summed E-state index contributed by atoms with van der Waals surface area (Å²) in [5, 5.41) is 0. The van der Waals surface area contributed by atoms with E-state index in [1.165, 1.54) is 12.1 Å². The molecule has 156 valence electrons. The first-order valence-corrected chi connectivity index (χ1v) is 11.1. The molecule has 0 spiro atoms. The topological polar surface area (TPSA) is 63.7 Å². The van der Waals surface area contributed by atoms with Gasteiger partial charge >= 0.3 is 0 Å². The molecule has 0 N–H and O–H groups in total. The Morgan fingerprint density at radius 2 is 1.53 bits per heavy atom. The van der Waals surface area contributed by atoms with Crippen molar-refractivity contribution in [1.29, 1.82) is 0 Å². The van der Waals surface area contributed by atoms with Crippen LogP contribution in [0.3, 0.4) is 0 Å². The van der Waals surface area contributed by atoms with Crippen LogP contribution in [-0.4, -0.2) is 20.9 Å². The first-order valence-electron chi connectivity index (χ1n) is 9.61. The van der Waals surface area contributed by atoms with Gasteiger partial charge in [0.15, 0.2) is 6.61 Å². The summed E-state index contributed by atoms with van der Waals surface area (Å²) in [7, 11) is -4.11. The lowest BCUT2D eigenvalue weighted by molar-refractivity contribution is -0.119. The van der Waals surface area contributed by atoms with Crippen LogP contribution < -0.4 is 9.04 Å². The molecule has 0 bridgehead atoms. The molecule has 0 radical (unpaired) electrons. The standard InChI is InChI=1S/C24H25NO4S/c1-17-13-14-21(15-19(17)3)29-16-24(26)25(23-12-8-9-18(2)20(23)4)30(27,28)22-10-6-5-7-11-22/h5-15H,16H2,1-4H3. The van der Waals surface area contributed by atoms with E-state index in [1.807, 2.05) is 39.0 Å². The zero-order valence-electron chi connectivity index (χ0n) is 17.5. The fourth-order valence-corrected chi connectivity index (χ4v) is 4.55. The quantitative estimate of drug-likeness (QED) is 0.575. The van der Waals surface area contributed by atoms with E-state index in [0.717, 1.165) is 26.6 Å². The SMILES string of the molecule is Cc1ccc(OCC(=O)N(c2cccc(C)c2C)S(=O)(=O)c2ccccc2)cc1C. The maximum atomic E-state index is 13.4. The van der Waals surface area contributed by atoms with Gasteiger partial charge in [0.25, 0.3) is 15.9 Å². The second-order valence-corrected chi connectivity index (χ2v) is 9.02. The minimum atomic E-state index is -4.11. The van der Waals surface area contributed by atoms with Crippen molar-refractivity contribution < 1.29 is 17.9 Å². The number of hydrogen-bond acceptors (Lipinski definition) is 4. The molecule has 0 aliphatic rings. The highest BCUT2D eigenvalue weighted by Crippen LogP contribution is 2.29. The predicted molar refractivity (Wildman–Crippen MR) is 118 cm³/mol. The minimum Gasteiger partial charge on any atom is -0.484 e. The zero-order chi connectivity index (χ0) is 21.9. The van der Waals surface area contributed by atoms with E-state index < -0.39 is 22.5 Å². The fraction of sp³-hybridized carbons (Fsp3) is 0.208. The van der Waals surface area contributed by atoms with Crippen molar-refractivity contribution in [2.75, 3.05) is 10.9 Å². The summed E-state index contributed by atoms with van der Waals surface area (Å²) in [5.41, 5.74) is 4.08. The second kappa shape index (κ2) is 8.71. The van der Waals surface area contributed by atoms with Gasteiger partial charge in [-0.3, -0.25) is 4.79 Å². The van der Waals surface area contributed by atoms with E-state index in [-0.39, 0.29) is 4.90 Å². The van der Waals surface area contributed by atoms with Crippen molar-refractivity contribution >= 4 is 21.6 Å². The molecule has 3 aromatic carbocycles. The van der Waals surface area contributed by atoms with E-state index >= 15 is 0 Å². The monoisotopic (exact) mass is 423 g/mol. The molecular weight excluding hydrogens is 398 g/mol. The average Bonchev–Trinajstić information content (AvgIpc) is 2.73. The molecule has 0 aliphatic carbocycles. The number of nitrogens with zero attached hydrogens (tertiary/aromatic N) is 1. The van der Waals surface area contributed by atoms with Crippen LogP contribution >= 0.6 is 0 Å². The Morgan fingerprint density at radius 1 is 0.833 bits per heavy atom. The number of rotatable bonds is 6. The van der Waals surface area contributed by atoms with Crippen LogP contribution in [0.2, 0.25) is 0 Å². The van der Waals surface area contributed by atoms with Gasteiger partial charge in [-0.2, -0.15) is 4.31 Å². The van der Waals surface area contributed by atoms with Crippen molar-refractivity contribution in [3.05, 3.63) is 89.0 Å². The molecule has 0 unspecified atom stereocenters. The highest BCUT2D eigenvalue weighted by Gasteiger charge is 2.32. The van der Waals surface area contributed by atoms with E-state index in [1.54, 1.807) is 43.3 Å². The number of carbonyl (C=O) groups excluding carboxylic acids is 1. The van der Waals surface area contributed by atoms with Gasteiger partial charge in [-0.15, -0.1) is 0 Å². The van der Waals surface area contributed by atoms with Gasteiger partial charge in [0.05, 0.1) is 10.6 Å². The maximum absolute atomic E-state index is 13.4. The molecule has 0 heterocycles. The smallest absolute Gasteiger partial charge is 0.278 e. The average molecular weight is 424 g/mol. The molecule has 0 fully saturated rings. The van der Waals surface area contributed by atoms with Gasteiger partial charge in [-0.05, 0) is 80.3 Å². The van der Waals surface area contributed by atoms with Crippen molar-refractivity contribution in [1.82, 2.24) is 0 Å². The molecule has 0 saturated heterocycles. The summed E-state index contributed by atoms with van der Waals surface area (Å²) in [4.78, 5) is 13.2. The summed E-state index contributed by atoms with van der Waals surface area (Å²) in [6.07, 6.45) is 0. The Balaban J connectivity index is 1.99. The first-order chi connectivity index (χ1) is 14.2. The maximum Gasteiger partial charge on any atom is 0.278 e. The Morgan fingerprint density at radius 3 is 2.20 bits per heavy atom. The van der Waals surface area contributed by atoms with Crippen LogP contribution in [0.25, 0.3) is 0 Å². The minimum absolute atomic E-state index is 0.0467. The van der Waals surface area contributed by atoms with E-state index in [9.17, 15) is 13.2 Å². The van der Waals surface area contributed by atoms with Gasteiger partial charge < -0.3 is 4.74 Å². The number of anilines is 1. The molecule has 3 rings (SSSR count). The highest BCUT2D eigenvalue weighted by molar-refractivity contribution is 7.93. The molecule has 0 atom stereocenters. The molecule has 0 aromatic heterocycles. The van der Waals surface area contributed by atoms with Crippen molar-refractivity contribution in [3.8, 4) is 5.75 Å². The second-order valence-electron chi connectivity index (χ2n) is 7.23. The summed E-state index contributed by atoms with van der Waals surface area (Å²) in [6.45, 7) is 7.21. The molecule has 0 aliphatic heterocycles. The lowest BCUT2D eigenvalue weighted by Gasteiger charge is -2.25. The van der Waals surface area contributed by atoms with Crippen LogP contribution in [0, 0.1) is 27.7 Å². The van der Waals surface area contributed by atoms with Crippen LogP contribution in [0.15, 0.2) is 71.6 Å². The predicted octanol–water partition coefficient (Wildman–Crippen LogP) is 4.72. The van der Waals surface area contributed by atoms with E-state index in [0.29, 0.717) is 11.4 Å². The summed E-state index contributed by atoms with van der Waals surface area (Å²) in [6, 6.07) is 18.7. The number of ether oxygens (including phenoxy) is 1. The summed E-state index contributed by atoms with van der Waals surface area (Å²) in [5.74, 6) is -0.143. The summed E-state index contributed by atoms with van der Waals surface area (Å²) >= 11 is 0. The highest BCUT2D eigenvalue weighted by atomic mass is 32.2. The van der Waals surface area contributed by atoms with Gasteiger partial charge in [-0.25, -0.2) is 8.42 Å². The molecule has 0 saturated carbocycles. The number of amides is 1. The van der Waals surface area contributed by atoms with Crippen molar-refractivity contribution in [3.63, 3.8) is 0 Å². The number of benzene rings is 3. The number of sulfonamides is 1. The number of aryl methyl sites for hydroxylation is 3. The normalized spacial score (nSPS) is 11.2. The number of hydrogen-bond donors (Lipinski definition) is 0. The Labute approximate surface area is 178 Å². The lowest BCUT2D eigenvalue weighted by Crippen LogP contribution is -2.40. The van der Waals surface area contributed by atoms with Gasteiger partial charge in [0.2, 0.25) is 0 Å².